The molecule has 3 heterocycles. The third kappa shape index (κ3) is 4.36. The number of carbonyl (C=O) groups is 3. The van der Waals surface area contributed by atoms with Crippen molar-refractivity contribution in [1.29, 1.82) is 5.26 Å². The first-order valence-corrected chi connectivity index (χ1v) is 13.2. The van der Waals surface area contributed by atoms with Crippen molar-refractivity contribution in [2.45, 2.75) is 62.8 Å². The zero-order valence-corrected chi connectivity index (χ0v) is 21.0. The van der Waals surface area contributed by atoms with Gasteiger partial charge in [-0.1, -0.05) is 17.7 Å². The van der Waals surface area contributed by atoms with E-state index >= 15 is 0 Å². The van der Waals surface area contributed by atoms with Crippen LogP contribution in [0.3, 0.4) is 0 Å². The van der Waals surface area contributed by atoms with E-state index < -0.39 is 11.9 Å². The van der Waals surface area contributed by atoms with Crippen molar-refractivity contribution in [2.75, 3.05) is 13.1 Å². The predicted molar refractivity (Wildman–Crippen MR) is 135 cm³/mol. The van der Waals surface area contributed by atoms with Gasteiger partial charge in [-0.3, -0.25) is 24.6 Å². The van der Waals surface area contributed by atoms with Crippen LogP contribution in [0.15, 0.2) is 36.4 Å². The van der Waals surface area contributed by atoms with Gasteiger partial charge in [0, 0.05) is 48.6 Å². The van der Waals surface area contributed by atoms with Gasteiger partial charge < -0.3 is 9.64 Å². The van der Waals surface area contributed by atoms with Crippen molar-refractivity contribution in [1.82, 2.24) is 15.1 Å². The molecule has 3 fully saturated rings. The lowest BCUT2D eigenvalue weighted by Gasteiger charge is -2.45. The minimum atomic E-state index is -0.622. The number of imide groups is 1. The first kappa shape index (κ1) is 24.0. The van der Waals surface area contributed by atoms with E-state index in [2.05, 4.69) is 16.3 Å². The minimum absolute atomic E-state index is 0.0583. The SMILES string of the molecule is N#Cc1cc(Cl)ccc1C1CN([C@H]2CCC[C@H]2Oc2ccc3c(c2)CN(C2CCC(=O)NC2=O)C3=O)C1. The fraction of sp³-hybridized carbons (Fsp3) is 0.429. The van der Waals surface area contributed by atoms with Crippen LogP contribution >= 0.6 is 11.6 Å². The zero-order valence-electron chi connectivity index (χ0n) is 20.3. The molecule has 3 amide bonds. The number of hydrogen-bond acceptors (Lipinski definition) is 6. The van der Waals surface area contributed by atoms with Crippen LogP contribution in [-0.4, -0.2) is 58.8 Å². The molecular weight excluding hydrogens is 492 g/mol. The summed E-state index contributed by atoms with van der Waals surface area (Å²) in [5, 5.41) is 12.4. The van der Waals surface area contributed by atoms with E-state index in [1.165, 1.54) is 0 Å². The second-order valence-corrected chi connectivity index (χ2v) is 10.8. The highest BCUT2D eigenvalue weighted by Crippen LogP contribution is 2.38. The van der Waals surface area contributed by atoms with Gasteiger partial charge in [0.15, 0.2) is 0 Å². The second-order valence-electron chi connectivity index (χ2n) is 10.4. The van der Waals surface area contributed by atoms with Gasteiger partial charge in [0.2, 0.25) is 11.8 Å². The van der Waals surface area contributed by atoms with Crippen LogP contribution in [0.1, 0.15) is 65.1 Å². The molecule has 2 aromatic rings. The molecule has 3 atom stereocenters. The third-order valence-electron chi connectivity index (χ3n) is 8.15. The second kappa shape index (κ2) is 9.47. The van der Waals surface area contributed by atoms with E-state index in [1.54, 1.807) is 17.0 Å². The lowest BCUT2D eigenvalue weighted by atomic mass is 9.86. The lowest BCUT2D eigenvalue weighted by Crippen LogP contribution is -2.54. The minimum Gasteiger partial charge on any atom is -0.489 e. The maximum atomic E-state index is 13.0. The summed E-state index contributed by atoms with van der Waals surface area (Å²) in [5.74, 6) is 0.170. The van der Waals surface area contributed by atoms with Crippen LogP contribution in [-0.2, 0) is 16.1 Å². The van der Waals surface area contributed by atoms with Crippen LogP contribution in [0, 0.1) is 11.3 Å². The Hall–Kier alpha value is -3.41. The Bertz CT molecular complexity index is 1330. The average Bonchev–Trinajstić information content (AvgIpc) is 3.43. The predicted octanol–water partition coefficient (Wildman–Crippen LogP) is 3.37. The Labute approximate surface area is 220 Å². The summed E-state index contributed by atoms with van der Waals surface area (Å²) in [5.41, 5.74) is 3.14. The number of nitriles is 1. The molecule has 1 aliphatic carbocycles. The van der Waals surface area contributed by atoms with Gasteiger partial charge in [0.05, 0.1) is 11.6 Å². The van der Waals surface area contributed by atoms with Crippen LogP contribution < -0.4 is 10.1 Å². The number of nitrogens with one attached hydrogen (secondary N) is 1. The number of rotatable bonds is 5. The van der Waals surface area contributed by atoms with Gasteiger partial charge in [0.1, 0.15) is 17.9 Å². The Morgan fingerprint density at radius 1 is 1.05 bits per heavy atom. The summed E-state index contributed by atoms with van der Waals surface area (Å²) < 4.78 is 6.46. The topological polar surface area (TPSA) is 103 Å². The first-order chi connectivity index (χ1) is 17.9. The van der Waals surface area contributed by atoms with E-state index in [4.69, 9.17) is 16.3 Å². The molecule has 0 bridgehead atoms. The Morgan fingerprint density at radius 2 is 1.89 bits per heavy atom. The molecule has 0 spiro atoms. The molecule has 2 aromatic carbocycles. The molecule has 0 aromatic heterocycles. The molecule has 1 N–H and O–H groups in total. The lowest BCUT2D eigenvalue weighted by molar-refractivity contribution is -0.136. The molecule has 1 unspecified atom stereocenters. The standard InChI is InChI=1S/C28H27ClN4O4/c29-19-4-6-21(16(10-19)12-30)18-13-32(14-18)23-2-1-3-25(23)37-20-5-7-22-17(11-20)15-33(28(22)36)24-8-9-26(34)31-27(24)35/h4-7,10-11,18,23-25H,1-3,8-9,13-15H2,(H,31,34,35)/t23-,24?,25+/m0/s1. The number of ether oxygens (including phenoxy) is 1. The smallest absolute Gasteiger partial charge is 0.255 e. The molecule has 2 saturated heterocycles. The van der Waals surface area contributed by atoms with E-state index in [9.17, 15) is 19.6 Å². The number of nitrogens with zero attached hydrogens (tertiary/aromatic N) is 3. The summed E-state index contributed by atoms with van der Waals surface area (Å²) in [6, 6.07) is 13.1. The highest BCUT2D eigenvalue weighted by Gasteiger charge is 2.42. The van der Waals surface area contributed by atoms with Crippen molar-refractivity contribution >= 4 is 29.3 Å². The van der Waals surface area contributed by atoms with Crippen molar-refractivity contribution in [3.63, 3.8) is 0 Å². The molecule has 0 radical (unpaired) electrons. The number of carbonyl (C=O) groups excluding carboxylic acids is 3. The van der Waals surface area contributed by atoms with E-state index in [0.717, 1.165) is 49.2 Å². The number of benzene rings is 2. The van der Waals surface area contributed by atoms with Gasteiger partial charge in [-0.05, 0) is 67.1 Å². The monoisotopic (exact) mass is 518 g/mol. The van der Waals surface area contributed by atoms with E-state index in [1.807, 2.05) is 24.3 Å². The molecule has 4 aliphatic rings. The zero-order chi connectivity index (χ0) is 25.7. The molecule has 8 nitrogen and oxygen atoms in total. The maximum absolute atomic E-state index is 13.0. The van der Waals surface area contributed by atoms with Crippen LogP contribution in [0.4, 0.5) is 0 Å². The quantitative estimate of drug-likeness (QED) is 0.609. The Balaban J connectivity index is 1.11. The average molecular weight is 519 g/mol. The number of piperidine rings is 1. The molecule has 3 aliphatic heterocycles. The van der Waals surface area contributed by atoms with Crippen LogP contribution in [0.25, 0.3) is 0 Å². The fourth-order valence-corrected chi connectivity index (χ4v) is 6.39. The van der Waals surface area contributed by atoms with Gasteiger partial charge >= 0.3 is 0 Å². The highest BCUT2D eigenvalue weighted by atomic mass is 35.5. The molecular formula is C28H27ClN4O4. The summed E-state index contributed by atoms with van der Waals surface area (Å²) in [6.45, 7) is 2.11. The van der Waals surface area contributed by atoms with Crippen LogP contribution in [0.2, 0.25) is 5.02 Å². The summed E-state index contributed by atoms with van der Waals surface area (Å²) in [7, 11) is 0. The number of fused-ring (bicyclic) bond motifs is 1. The normalized spacial score (nSPS) is 26.0. The van der Waals surface area contributed by atoms with Gasteiger partial charge in [0.25, 0.3) is 5.91 Å². The molecule has 9 heteroatoms. The van der Waals surface area contributed by atoms with Crippen molar-refractivity contribution in [3.8, 4) is 11.8 Å². The third-order valence-corrected chi connectivity index (χ3v) is 8.39. The van der Waals surface area contributed by atoms with Crippen molar-refractivity contribution in [3.05, 3.63) is 63.7 Å². The largest absolute Gasteiger partial charge is 0.489 e. The van der Waals surface area contributed by atoms with Crippen molar-refractivity contribution < 1.29 is 19.1 Å². The Morgan fingerprint density at radius 3 is 2.68 bits per heavy atom. The number of amides is 3. The number of hydrogen-bond donors (Lipinski definition) is 1. The van der Waals surface area contributed by atoms with Crippen molar-refractivity contribution in [2.24, 2.45) is 0 Å². The van der Waals surface area contributed by atoms with Gasteiger partial charge in [-0.15, -0.1) is 0 Å². The summed E-state index contributed by atoms with van der Waals surface area (Å²) in [4.78, 5) is 40.8. The molecule has 37 heavy (non-hydrogen) atoms. The van der Waals surface area contributed by atoms with E-state index in [0.29, 0.717) is 41.1 Å². The van der Waals surface area contributed by atoms with E-state index in [-0.39, 0.29) is 24.3 Å². The molecule has 190 valence electrons. The molecule has 6 rings (SSSR count). The van der Waals surface area contributed by atoms with Crippen LogP contribution in [0.5, 0.6) is 5.75 Å². The summed E-state index contributed by atoms with van der Waals surface area (Å²) in [6.07, 6.45) is 3.77. The maximum Gasteiger partial charge on any atom is 0.255 e. The number of halogens is 1. The molecule has 1 saturated carbocycles. The highest BCUT2D eigenvalue weighted by molar-refractivity contribution is 6.30. The number of likely N-dealkylation sites (tertiary alicyclic amines) is 1. The Kier molecular flexibility index (Phi) is 6.13. The fourth-order valence-electron chi connectivity index (χ4n) is 6.22. The van der Waals surface area contributed by atoms with Gasteiger partial charge in [-0.25, -0.2) is 0 Å². The van der Waals surface area contributed by atoms with Gasteiger partial charge in [-0.2, -0.15) is 5.26 Å². The first-order valence-electron chi connectivity index (χ1n) is 12.8. The summed E-state index contributed by atoms with van der Waals surface area (Å²) >= 11 is 6.06.